The third kappa shape index (κ3) is 6.15. The van der Waals surface area contributed by atoms with Crippen LogP contribution in [-0.4, -0.2) is 37.0 Å². The van der Waals surface area contributed by atoms with Crippen molar-refractivity contribution in [3.05, 3.63) is 101 Å². The molecule has 0 aliphatic rings. The molecule has 0 aromatic heterocycles. The number of carbonyl (C=O) groups is 2. The van der Waals surface area contributed by atoms with Crippen LogP contribution < -0.4 is 10.2 Å². The number of hydrogen-bond acceptors (Lipinski definition) is 4. The molecule has 0 saturated heterocycles. The first-order chi connectivity index (χ1) is 15.5. The summed E-state index contributed by atoms with van der Waals surface area (Å²) in [5.41, 5.74) is 4.88. The third-order valence-corrected chi connectivity index (χ3v) is 5.25. The van der Waals surface area contributed by atoms with Crippen LogP contribution in [0.5, 0.6) is 0 Å². The van der Waals surface area contributed by atoms with Crippen LogP contribution in [0, 0.1) is 0 Å². The highest BCUT2D eigenvalue weighted by atomic mass is 16.3. The van der Waals surface area contributed by atoms with Crippen LogP contribution in [-0.2, 0) is 6.42 Å². The van der Waals surface area contributed by atoms with Crippen LogP contribution in [0.3, 0.4) is 0 Å². The molecule has 0 spiro atoms. The summed E-state index contributed by atoms with van der Waals surface area (Å²) in [7, 11) is 1.92. The zero-order chi connectivity index (χ0) is 22.9. The molecule has 3 rings (SSSR count). The molecule has 5 nitrogen and oxygen atoms in total. The molecular weight excluding hydrogens is 400 g/mol. The Morgan fingerprint density at radius 2 is 1.53 bits per heavy atom. The number of aryl methyl sites for hydroxylation is 1. The lowest BCUT2D eigenvalue weighted by Gasteiger charge is -2.17. The first kappa shape index (κ1) is 23.0. The fourth-order valence-corrected chi connectivity index (χ4v) is 3.20. The molecular formula is C27H28N2O3. The van der Waals surface area contributed by atoms with Gasteiger partial charge in [0.1, 0.15) is 0 Å². The van der Waals surface area contributed by atoms with Crippen molar-refractivity contribution in [3.63, 3.8) is 0 Å². The predicted molar refractivity (Wildman–Crippen MR) is 130 cm³/mol. The Kier molecular flexibility index (Phi) is 7.95. The monoisotopic (exact) mass is 428 g/mol. The number of allylic oxidation sites excluding steroid dienone is 1. The fourth-order valence-electron chi connectivity index (χ4n) is 3.20. The maximum atomic E-state index is 12.5. The predicted octanol–water partition coefficient (Wildman–Crippen LogP) is 4.83. The Morgan fingerprint density at radius 1 is 0.906 bits per heavy atom. The molecule has 0 atom stereocenters. The van der Waals surface area contributed by atoms with Gasteiger partial charge in [0.25, 0.3) is 5.91 Å². The van der Waals surface area contributed by atoms with E-state index in [2.05, 4.69) is 12.2 Å². The molecule has 0 aliphatic heterocycles. The number of rotatable bonds is 9. The van der Waals surface area contributed by atoms with Gasteiger partial charge in [0, 0.05) is 36.1 Å². The number of likely N-dealkylation sites (N-methyl/N-ethyl adjacent to an activating group) is 1. The van der Waals surface area contributed by atoms with E-state index in [4.69, 9.17) is 5.11 Å². The van der Waals surface area contributed by atoms with Gasteiger partial charge in [0.2, 0.25) is 0 Å². The summed E-state index contributed by atoms with van der Waals surface area (Å²) in [5.74, 6) is -0.292. The standard InChI is InChI=1S/C27H28N2O3/c1-3-20-4-9-23(10-5-20)27(32)28-24-13-11-22(12-14-24)26(31)17-8-21-6-15-25(16-7-21)29(2)18-19-30/h4-17,30H,3,18-19H2,1-2H3,(H,28,32)/b17-8+. The summed E-state index contributed by atoms with van der Waals surface area (Å²) in [5, 5.41) is 11.9. The van der Waals surface area contributed by atoms with Gasteiger partial charge < -0.3 is 15.3 Å². The first-order valence-electron chi connectivity index (χ1n) is 10.6. The minimum absolute atomic E-state index is 0.0984. The van der Waals surface area contributed by atoms with Crippen molar-refractivity contribution >= 4 is 29.1 Å². The summed E-state index contributed by atoms with van der Waals surface area (Å²) in [6, 6.07) is 22.1. The highest BCUT2D eigenvalue weighted by Crippen LogP contribution is 2.16. The molecule has 0 heterocycles. The molecule has 0 bridgehead atoms. The Bertz CT molecular complexity index is 1070. The molecule has 0 fully saturated rings. The normalized spacial score (nSPS) is 10.8. The van der Waals surface area contributed by atoms with Gasteiger partial charge in [-0.1, -0.05) is 37.3 Å². The van der Waals surface area contributed by atoms with E-state index in [0.29, 0.717) is 23.4 Å². The number of aliphatic hydroxyl groups is 1. The van der Waals surface area contributed by atoms with Crippen molar-refractivity contribution in [2.45, 2.75) is 13.3 Å². The zero-order valence-electron chi connectivity index (χ0n) is 18.4. The summed E-state index contributed by atoms with van der Waals surface area (Å²) in [6.45, 7) is 2.74. The number of nitrogens with zero attached hydrogens (tertiary/aromatic N) is 1. The van der Waals surface area contributed by atoms with Gasteiger partial charge in [-0.2, -0.15) is 0 Å². The molecule has 5 heteroatoms. The zero-order valence-corrected chi connectivity index (χ0v) is 18.4. The summed E-state index contributed by atoms with van der Waals surface area (Å²) < 4.78 is 0. The number of amides is 1. The van der Waals surface area contributed by atoms with E-state index < -0.39 is 0 Å². The van der Waals surface area contributed by atoms with Crippen LogP contribution in [0.4, 0.5) is 11.4 Å². The van der Waals surface area contributed by atoms with Crippen molar-refractivity contribution in [1.82, 2.24) is 0 Å². The van der Waals surface area contributed by atoms with E-state index in [1.165, 1.54) is 11.6 Å². The van der Waals surface area contributed by atoms with Gasteiger partial charge in [-0.25, -0.2) is 0 Å². The number of benzene rings is 3. The maximum Gasteiger partial charge on any atom is 0.255 e. The van der Waals surface area contributed by atoms with E-state index in [1.807, 2.05) is 60.5 Å². The van der Waals surface area contributed by atoms with Crippen molar-refractivity contribution in [3.8, 4) is 0 Å². The molecule has 0 unspecified atom stereocenters. The van der Waals surface area contributed by atoms with E-state index >= 15 is 0 Å². The molecule has 164 valence electrons. The third-order valence-electron chi connectivity index (χ3n) is 5.25. The number of hydrogen-bond donors (Lipinski definition) is 2. The van der Waals surface area contributed by atoms with Gasteiger partial charge in [-0.05, 0) is 72.2 Å². The smallest absolute Gasteiger partial charge is 0.255 e. The highest BCUT2D eigenvalue weighted by molar-refractivity contribution is 6.08. The van der Waals surface area contributed by atoms with E-state index in [9.17, 15) is 9.59 Å². The van der Waals surface area contributed by atoms with Crippen molar-refractivity contribution in [1.29, 1.82) is 0 Å². The topological polar surface area (TPSA) is 69.6 Å². The van der Waals surface area contributed by atoms with Crippen molar-refractivity contribution < 1.29 is 14.7 Å². The maximum absolute atomic E-state index is 12.5. The number of ketones is 1. The molecule has 0 radical (unpaired) electrons. The number of anilines is 2. The quantitative estimate of drug-likeness (QED) is 0.378. The molecule has 0 aliphatic carbocycles. The van der Waals surface area contributed by atoms with Crippen LogP contribution in [0.25, 0.3) is 6.08 Å². The molecule has 0 saturated carbocycles. The van der Waals surface area contributed by atoms with Gasteiger partial charge in [-0.3, -0.25) is 9.59 Å². The second kappa shape index (κ2) is 11.1. The van der Waals surface area contributed by atoms with Crippen LogP contribution in [0.15, 0.2) is 78.9 Å². The molecule has 3 aromatic rings. The summed E-state index contributed by atoms with van der Waals surface area (Å²) >= 11 is 0. The minimum atomic E-state index is -0.181. The summed E-state index contributed by atoms with van der Waals surface area (Å²) in [6.07, 6.45) is 4.24. The average molecular weight is 429 g/mol. The Hall–Kier alpha value is -3.70. The number of carbonyl (C=O) groups excluding carboxylic acids is 2. The number of aliphatic hydroxyl groups excluding tert-OH is 1. The molecule has 2 N–H and O–H groups in total. The SMILES string of the molecule is CCc1ccc(C(=O)Nc2ccc(C(=O)/C=C/c3ccc(N(C)CCO)cc3)cc2)cc1. The second-order valence-corrected chi connectivity index (χ2v) is 7.52. The van der Waals surface area contributed by atoms with E-state index in [-0.39, 0.29) is 18.3 Å². The van der Waals surface area contributed by atoms with Gasteiger partial charge in [0.15, 0.2) is 5.78 Å². The summed E-state index contributed by atoms with van der Waals surface area (Å²) in [4.78, 5) is 26.8. The lowest BCUT2D eigenvalue weighted by atomic mass is 10.1. The molecule has 1 amide bonds. The molecule has 3 aromatic carbocycles. The van der Waals surface area contributed by atoms with Crippen LogP contribution in [0.1, 0.15) is 38.8 Å². The Morgan fingerprint density at radius 3 is 2.12 bits per heavy atom. The number of nitrogens with one attached hydrogen (secondary N) is 1. The van der Waals surface area contributed by atoms with E-state index in [1.54, 1.807) is 30.3 Å². The lowest BCUT2D eigenvalue weighted by molar-refractivity contribution is 0.102. The Labute approximate surface area is 189 Å². The van der Waals surface area contributed by atoms with Crippen molar-refractivity contribution in [2.24, 2.45) is 0 Å². The molecule has 32 heavy (non-hydrogen) atoms. The lowest BCUT2D eigenvalue weighted by Crippen LogP contribution is -2.20. The first-order valence-corrected chi connectivity index (χ1v) is 10.6. The fraction of sp³-hybridized carbons (Fsp3) is 0.185. The van der Waals surface area contributed by atoms with Crippen LogP contribution in [0.2, 0.25) is 0 Å². The van der Waals surface area contributed by atoms with Gasteiger partial charge >= 0.3 is 0 Å². The van der Waals surface area contributed by atoms with Gasteiger partial charge in [-0.15, -0.1) is 0 Å². The largest absolute Gasteiger partial charge is 0.395 e. The van der Waals surface area contributed by atoms with E-state index in [0.717, 1.165) is 17.7 Å². The van der Waals surface area contributed by atoms with Crippen molar-refractivity contribution in [2.75, 3.05) is 30.4 Å². The average Bonchev–Trinajstić information content (AvgIpc) is 2.83. The van der Waals surface area contributed by atoms with Gasteiger partial charge in [0.05, 0.1) is 6.61 Å². The highest BCUT2D eigenvalue weighted by Gasteiger charge is 2.07. The Balaban J connectivity index is 1.59. The second-order valence-electron chi connectivity index (χ2n) is 7.52. The van der Waals surface area contributed by atoms with Crippen LogP contribution >= 0.6 is 0 Å². The minimum Gasteiger partial charge on any atom is -0.395 e.